The molecule has 19 heavy (non-hydrogen) atoms. The number of nitrogens with one attached hydrogen (secondary N) is 1. The average Bonchev–Trinajstić information content (AvgIpc) is 2.89. The zero-order valence-corrected chi connectivity index (χ0v) is 11.3. The lowest BCUT2D eigenvalue weighted by atomic mass is 9.87. The van der Waals surface area contributed by atoms with Crippen LogP contribution >= 0.6 is 0 Å². The van der Waals surface area contributed by atoms with Crippen LogP contribution in [0.1, 0.15) is 31.9 Å². The molecule has 6 heteroatoms. The molecular formula is C13H21N3O3. The molecule has 106 valence electrons. The summed E-state index contributed by atoms with van der Waals surface area (Å²) in [4.78, 5) is 13.4. The van der Waals surface area contributed by atoms with Crippen molar-refractivity contribution in [3.63, 3.8) is 0 Å². The Kier molecular flexibility index (Phi) is 4.42. The van der Waals surface area contributed by atoms with Crippen LogP contribution in [0, 0.1) is 0 Å². The van der Waals surface area contributed by atoms with E-state index in [1.165, 1.54) is 0 Å². The van der Waals surface area contributed by atoms with E-state index in [0.29, 0.717) is 39.0 Å². The third-order valence-electron chi connectivity index (χ3n) is 3.46. The maximum absolute atomic E-state index is 11.7. The maximum atomic E-state index is 11.7. The number of aromatic nitrogens is 2. The van der Waals surface area contributed by atoms with Crippen molar-refractivity contribution in [3.05, 3.63) is 18.0 Å². The van der Waals surface area contributed by atoms with Gasteiger partial charge in [0.2, 0.25) is 0 Å². The van der Waals surface area contributed by atoms with Gasteiger partial charge in [-0.05, 0) is 25.3 Å². The van der Waals surface area contributed by atoms with Crippen molar-refractivity contribution in [2.45, 2.75) is 38.2 Å². The quantitative estimate of drug-likeness (QED) is 0.862. The Morgan fingerprint density at radius 2 is 2.32 bits per heavy atom. The van der Waals surface area contributed by atoms with Crippen LogP contribution in [0.3, 0.4) is 0 Å². The lowest BCUT2D eigenvalue weighted by Crippen LogP contribution is -2.48. The highest BCUT2D eigenvalue weighted by molar-refractivity contribution is 5.67. The van der Waals surface area contributed by atoms with Gasteiger partial charge in [0.15, 0.2) is 0 Å². The predicted molar refractivity (Wildman–Crippen MR) is 69.7 cm³/mol. The minimum absolute atomic E-state index is 0.273. The second-order valence-electron chi connectivity index (χ2n) is 5.08. The van der Waals surface area contributed by atoms with Gasteiger partial charge in [-0.1, -0.05) is 6.92 Å². The fourth-order valence-corrected chi connectivity index (χ4v) is 2.30. The first kappa shape index (κ1) is 13.9. The third-order valence-corrected chi connectivity index (χ3v) is 3.46. The number of amides is 1. The number of aliphatic hydroxyl groups is 1. The number of hydrogen-bond acceptors (Lipinski definition) is 4. The monoisotopic (exact) mass is 267 g/mol. The predicted octanol–water partition coefficient (Wildman–Crippen LogP) is 1.33. The van der Waals surface area contributed by atoms with Crippen LogP contribution in [0.5, 0.6) is 0 Å². The largest absolute Gasteiger partial charge is 0.449 e. The van der Waals surface area contributed by atoms with Crippen molar-refractivity contribution in [2.24, 2.45) is 0 Å². The molecule has 0 atom stereocenters. The number of likely N-dealkylation sites (tertiary alicyclic amines) is 1. The Labute approximate surface area is 112 Å². The first-order valence-corrected chi connectivity index (χ1v) is 6.75. The van der Waals surface area contributed by atoms with E-state index in [1.807, 2.05) is 13.0 Å². The molecule has 2 N–H and O–H groups in total. The fourth-order valence-electron chi connectivity index (χ4n) is 2.30. The minimum Gasteiger partial charge on any atom is -0.449 e. The van der Waals surface area contributed by atoms with Gasteiger partial charge in [0.1, 0.15) is 0 Å². The standard InChI is InChI=1S/C13H21N3O3/c1-2-9-19-12(17)16-7-4-13(18,5-8-16)10-11-3-6-14-15-11/h3,6,18H,2,4-5,7-10H2,1H3,(H,14,15). The van der Waals surface area contributed by atoms with Crippen molar-refractivity contribution < 1.29 is 14.6 Å². The van der Waals surface area contributed by atoms with E-state index in [-0.39, 0.29) is 6.09 Å². The number of carbonyl (C=O) groups is 1. The number of hydrogen-bond donors (Lipinski definition) is 2. The average molecular weight is 267 g/mol. The summed E-state index contributed by atoms with van der Waals surface area (Å²) in [6, 6.07) is 1.86. The number of rotatable bonds is 4. The van der Waals surface area contributed by atoms with Gasteiger partial charge in [0.05, 0.1) is 12.2 Å². The molecule has 0 aliphatic carbocycles. The highest BCUT2D eigenvalue weighted by Gasteiger charge is 2.34. The number of H-pyrrole nitrogens is 1. The molecular weight excluding hydrogens is 246 g/mol. The molecule has 0 unspecified atom stereocenters. The molecule has 1 aromatic heterocycles. The second-order valence-corrected chi connectivity index (χ2v) is 5.08. The second kappa shape index (κ2) is 6.06. The Hall–Kier alpha value is -1.56. The summed E-state index contributed by atoms with van der Waals surface area (Å²) in [5.41, 5.74) is 0.165. The highest BCUT2D eigenvalue weighted by Crippen LogP contribution is 2.26. The van der Waals surface area contributed by atoms with Crippen LogP contribution in [-0.4, -0.2) is 51.6 Å². The molecule has 2 heterocycles. The van der Waals surface area contributed by atoms with Gasteiger partial charge in [-0.25, -0.2) is 4.79 Å². The van der Waals surface area contributed by atoms with Gasteiger partial charge >= 0.3 is 6.09 Å². The van der Waals surface area contributed by atoms with E-state index in [9.17, 15) is 9.90 Å². The third kappa shape index (κ3) is 3.70. The van der Waals surface area contributed by atoms with Crippen molar-refractivity contribution in [1.29, 1.82) is 0 Å². The minimum atomic E-state index is -0.756. The van der Waals surface area contributed by atoms with Crippen molar-refractivity contribution in [2.75, 3.05) is 19.7 Å². The summed E-state index contributed by atoms with van der Waals surface area (Å²) >= 11 is 0. The molecule has 2 rings (SSSR count). The lowest BCUT2D eigenvalue weighted by Gasteiger charge is -2.37. The SMILES string of the molecule is CCCOC(=O)N1CCC(O)(Cc2ccn[nH]2)CC1. The van der Waals surface area contributed by atoms with Gasteiger partial charge in [-0.15, -0.1) is 0 Å². The molecule has 1 aliphatic heterocycles. The van der Waals surface area contributed by atoms with E-state index in [1.54, 1.807) is 11.1 Å². The van der Waals surface area contributed by atoms with Crippen molar-refractivity contribution in [3.8, 4) is 0 Å². The molecule has 1 fully saturated rings. The normalized spacial score (nSPS) is 18.3. The van der Waals surface area contributed by atoms with Crippen LogP contribution in [0.15, 0.2) is 12.3 Å². The van der Waals surface area contributed by atoms with Gasteiger partial charge in [0, 0.05) is 31.4 Å². The number of piperidine rings is 1. The molecule has 1 saturated heterocycles. The summed E-state index contributed by atoms with van der Waals surface area (Å²) < 4.78 is 5.09. The molecule has 1 aliphatic rings. The van der Waals surface area contributed by atoms with Crippen LogP contribution < -0.4 is 0 Å². The molecule has 1 amide bonds. The fraction of sp³-hybridized carbons (Fsp3) is 0.692. The zero-order chi connectivity index (χ0) is 13.7. The first-order chi connectivity index (χ1) is 9.13. The summed E-state index contributed by atoms with van der Waals surface area (Å²) in [7, 11) is 0. The van der Waals surface area contributed by atoms with E-state index >= 15 is 0 Å². The van der Waals surface area contributed by atoms with Crippen molar-refractivity contribution >= 4 is 6.09 Å². The smallest absolute Gasteiger partial charge is 0.409 e. The molecule has 0 spiro atoms. The Bertz CT molecular complexity index is 397. The molecule has 0 aromatic carbocycles. The molecule has 1 aromatic rings. The number of carbonyl (C=O) groups excluding carboxylic acids is 1. The highest BCUT2D eigenvalue weighted by atomic mass is 16.6. The molecule has 0 radical (unpaired) electrons. The van der Waals surface area contributed by atoms with E-state index in [4.69, 9.17) is 4.74 Å². The Morgan fingerprint density at radius 1 is 1.58 bits per heavy atom. The van der Waals surface area contributed by atoms with Crippen LogP contribution in [-0.2, 0) is 11.2 Å². The van der Waals surface area contributed by atoms with E-state index < -0.39 is 5.60 Å². The number of ether oxygens (including phenoxy) is 1. The van der Waals surface area contributed by atoms with Crippen LogP contribution in [0.25, 0.3) is 0 Å². The topological polar surface area (TPSA) is 78.4 Å². The Morgan fingerprint density at radius 3 is 2.89 bits per heavy atom. The van der Waals surface area contributed by atoms with Gasteiger partial charge in [-0.2, -0.15) is 5.10 Å². The zero-order valence-electron chi connectivity index (χ0n) is 11.3. The van der Waals surface area contributed by atoms with Crippen LogP contribution in [0.4, 0.5) is 4.79 Å². The van der Waals surface area contributed by atoms with Crippen LogP contribution in [0.2, 0.25) is 0 Å². The molecule has 0 bridgehead atoms. The van der Waals surface area contributed by atoms with Gasteiger partial charge in [0.25, 0.3) is 0 Å². The summed E-state index contributed by atoms with van der Waals surface area (Å²) in [6.07, 6.45) is 3.90. The lowest BCUT2D eigenvalue weighted by molar-refractivity contribution is -0.0204. The summed E-state index contributed by atoms with van der Waals surface area (Å²) in [5.74, 6) is 0. The molecule has 0 saturated carbocycles. The Balaban J connectivity index is 1.82. The molecule has 6 nitrogen and oxygen atoms in total. The maximum Gasteiger partial charge on any atom is 0.409 e. The summed E-state index contributed by atoms with van der Waals surface area (Å²) in [6.45, 7) is 3.49. The van der Waals surface area contributed by atoms with E-state index in [0.717, 1.165) is 12.1 Å². The van der Waals surface area contributed by atoms with Gasteiger partial charge in [-0.3, -0.25) is 5.10 Å². The van der Waals surface area contributed by atoms with Crippen molar-refractivity contribution in [1.82, 2.24) is 15.1 Å². The summed E-state index contributed by atoms with van der Waals surface area (Å²) in [5, 5.41) is 17.2. The van der Waals surface area contributed by atoms with E-state index in [2.05, 4.69) is 10.2 Å². The number of aromatic amines is 1. The first-order valence-electron chi connectivity index (χ1n) is 6.75. The van der Waals surface area contributed by atoms with Gasteiger partial charge < -0.3 is 14.7 Å². The number of nitrogens with zero attached hydrogens (tertiary/aromatic N) is 2.